The first-order valence-electron chi connectivity index (χ1n) is 5.93. The molecular formula is C14H19N3. The molecule has 1 heterocycles. The van der Waals surface area contributed by atoms with Gasteiger partial charge in [0, 0.05) is 18.2 Å². The summed E-state index contributed by atoms with van der Waals surface area (Å²) in [5, 5.41) is 4.53. The van der Waals surface area contributed by atoms with Crippen molar-refractivity contribution in [1.82, 2.24) is 9.78 Å². The molecule has 0 radical (unpaired) electrons. The summed E-state index contributed by atoms with van der Waals surface area (Å²) >= 11 is 0. The molecule has 1 aromatic carbocycles. The molecule has 2 N–H and O–H groups in total. The van der Waals surface area contributed by atoms with Crippen LogP contribution in [0.1, 0.15) is 23.6 Å². The lowest BCUT2D eigenvalue weighted by atomic mass is 9.99. The Morgan fingerprint density at radius 2 is 2.00 bits per heavy atom. The number of benzene rings is 1. The monoisotopic (exact) mass is 229 g/mol. The number of aryl methyl sites for hydroxylation is 3. The Bertz CT molecular complexity index is 553. The average molecular weight is 229 g/mol. The van der Waals surface area contributed by atoms with Crippen LogP contribution in [-0.4, -0.2) is 9.78 Å². The molecule has 17 heavy (non-hydrogen) atoms. The zero-order valence-electron chi connectivity index (χ0n) is 10.9. The van der Waals surface area contributed by atoms with Gasteiger partial charge in [-0.15, -0.1) is 0 Å². The Balaban J connectivity index is 2.64. The lowest BCUT2D eigenvalue weighted by Gasteiger charge is -2.06. The van der Waals surface area contributed by atoms with Gasteiger partial charge in [-0.25, -0.2) is 0 Å². The largest absolute Gasteiger partial charge is 0.384 e. The van der Waals surface area contributed by atoms with Gasteiger partial charge in [0.1, 0.15) is 5.82 Å². The molecule has 3 heteroatoms. The maximum absolute atomic E-state index is 6.03. The molecular weight excluding hydrogens is 210 g/mol. The van der Waals surface area contributed by atoms with Crippen molar-refractivity contribution in [3.63, 3.8) is 0 Å². The highest BCUT2D eigenvalue weighted by atomic mass is 15.3. The van der Waals surface area contributed by atoms with Crippen molar-refractivity contribution in [1.29, 1.82) is 0 Å². The van der Waals surface area contributed by atoms with Crippen LogP contribution in [0, 0.1) is 13.8 Å². The van der Waals surface area contributed by atoms with Crippen molar-refractivity contribution in [3.05, 3.63) is 34.9 Å². The van der Waals surface area contributed by atoms with Gasteiger partial charge in [-0.3, -0.25) is 4.68 Å². The Morgan fingerprint density at radius 1 is 1.29 bits per heavy atom. The summed E-state index contributed by atoms with van der Waals surface area (Å²) in [5.74, 6) is 0.766. The van der Waals surface area contributed by atoms with Gasteiger partial charge in [0.05, 0.1) is 5.69 Å². The number of nitrogen functional groups attached to an aromatic ring is 1. The molecule has 0 bridgehead atoms. The van der Waals surface area contributed by atoms with Gasteiger partial charge in [-0.05, 0) is 25.8 Å². The summed E-state index contributed by atoms with van der Waals surface area (Å²) in [7, 11) is 1.89. The van der Waals surface area contributed by atoms with E-state index in [0.29, 0.717) is 0 Å². The molecule has 0 aliphatic heterocycles. The molecule has 90 valence electrons. The van der Waals surface area contributed by atoms with E-state index in [2.05, 4.69) is 44.1 Å². The van der Waals surface area contributed by atoms with E-state index in [-0.39, 0.29) is 0 Å². The molecule has 2 aromatic rings. The number of hydrogen-bond donors (Lipinski definition) is 1. The van der Waals surface area contributed by atoms with Crippen LogP contribution >= 0.6 is 0 Å². The van der Waals surface area contributed by atoms with Crippen molar-refractivity contribution in [3.8, 4) is 11.3 Å². The molecule has 0 unspecified atom stereocenters. The highest BCUT2D eigenvalue weighted by Gasteiger charge is 2.15. The molecule has 0 amide bonds. The summed E-state index contributed by atoms with van der Waals surface area (Å²) in [6, 6.07) is 6.43. The van der Waals surface area contributed by atoms with Crippen LogP contribution in [0.4, 0.5) is 5.82 Å². The number of nitrogens with two attached hydrogens (primary N) is 1. The Kier molecular flexibility index (Phi) is 2.92. The quantitative estimate of drug-likeness (QED) is 0.860. The minimum Gasteiger partial charge on any atom is -0.384 e. The highest BCUT2D eigenvalue weighted by molar-refractivity contribution is 5.71. The van der Waals surface area contributed by atoms with Crippen molar-refractivity contribution >= 4 is 5.82 Å². The Labute approximate surface area is 102 Å². The number of anilines is 1. The van der Waals surface area contributed by atoms with Crippen LogP contribution in [0.2, 0.25) is 0 Å². The maximum atomic E-state index is 6.03. The predicted octanol–water partition coefficient (Wildman–Crippen LogP) is 2.85. The Hall–Kier alpha value is -1.77. The van der Waals surface area contributed by atoms with Gasteiger partial charge in [0.25, 0.3) is 0 Å². The van der Waals surface area contributed by atoms with Crippen LogP contribution in [0.25, 0.3) is 11.3 Å². The second-order valence-electron chi connectivity index (χ2n) is 4.51. The fourth-order valence-corrected chi connectivity index (χ4v) is 2.23. The predicted molar refractivity (Wildman–Crippen MR) is 71.9 cm³/mol. The molecule has 0 saturated carbocycles. The zero-order valence-corrected chi connectivity index (χ0v) is 10.9. The summed E-state index contributed by atoms with van der Waals surface area (Å²) in [4.78, 5) is 0. The van der Waals surface area contributed by atoms with E-state index in [1.165, 1.54) is 16.7 Å². The molecule has 0 saturated heterocycles. The Morgan fingerprint density at radius 3 is 2.59 bits per heavy atom. The second-order valence-corrected chi connectivity index (χ2v) is 4.51. The van der Waals surface area contributed by atoms with Crippen LogP contribution in [0.3, 0.4) is 0 Å². The van der Waals surface area contributed by atoms with E-state index in [9.17, 15) is 0 Å². The van der Waals surface area contributed by atoms with Gasteiger partial charge in [-0.2, -0.15) is 5.10 Å². The number of rotatable bonds is 2. The van der Waals surface area contributed by atoms with Crippen LogP contribution in [-0.2, 0) is 13.5 Å². The van der Waals surface area contributed by atoms with Crippen molar-refractivity contribution in [2.75, 3.05) is 5.73 Å². The molecule has 2 rings (SSSR count). The standard InChI is InChI=1S/C14H19N3/c1-5-11-13(16-17(4)14(11)15)12-7-6-9(2)8-10(12)3/h6-8H,5,15H2,1-4H3. The normalized spacial score (nSPS) is 10.8. The zero-order chi connectivity index (χ0) is 12.6. The lowest BCUT2D eigenvalue weighted by molar-refractivity contribution is 0.781. The first-order valence-corrected chi connectivity index (χ1v) is 5.93. The smallest absolute Gasteiger partial charge is 0.125 e. The summed E-state index contributed by atoms with van der Waals surface area (Å²) < 4.78 is 1.76. The summed E-state index contributed by atoms with van der Waals surface area (Å²) in [6.45, 7) is 6.33. The topological polar surface area (TPSA) is 43.8 Å². The molecule has 0 fully saturated rings. The second kappa shape index (κ2) is 4.24. The SMILES string of the molecule is CCc1c(-c2ccc(C)cc2C)nn(C)c1N. The van der Waals surface area contributed by atoms with Crippen LogP contribution < -0.4 is 5.73 Å². The van der Waals surface area contributed by atoms with E-state index >= 15 is 0 Å². The van der Waals surface area contributed by atoms with Crippen molar-refractivity contribution in [2.24, 2.45) is 7.05 Å². The highest BCUT2D eigenvalue weighted by Crippen LogP contribution is 2.29. The van der Waals surface area contributed by atoms with E-state index in [1.807, 2.05) is 7.05 Å². The number of nitrogens with zero attached hydrogens (tertiary/aromatic N) is 2. The first-order chi connectivity index (χ1) is 8.04. The van der Waals surface area contributed by atoms with Crippen LogP contribution in [0.5, 0.6) is 0 Å². The first kappa shape index (κ1) is 11.7. The maximum Gasteiger partial charge on any atom is 0.125 e. The average Bonchev–Trinajstić information content (AvgIpc) is 2.55. The van der Waals surface area contributed by atoms with E-state index in [4.69, 9.17) is 5.73 Å². The minimum absolute atomic E-state index is 0.766. The molecule has 0 aliphatic rings. The van der Waals surface area contributed by atoms with Gasteiger partial charge in [-0.1, -0.05) is 30.7 Å². The third-order valence-corrected chi connectivity index (χ3v) is 3.18. The fourth-order valence-electron chi connectivity index (χ4n) is 2.23. The fraction of sp³-hybridized carbons (Fsp3) is 0.357. The summed E-state index contributed by atoms with van der Waals surface area (Å²) in [6.07, 6.45) is 0.905. The van der Waals surface area contributed by atoms with E-state index in [1.54, 1.807) is 4.68 Å². The lowest BCUT2D eigenvalue weighted by Crippen LogP contribution is -1.98. The number of hydrogen-bond acceptors (Lipinski definition) is 2. The van der Waals surface area contributed by atoms with Crippen LogP contribution in [0.15, 0.2) is 18.2 Å². The third kappa shape index (κ3) is 1.93. The summed E-state index contributed by atoms with van der Waals surface area (Å²) in [5.41, 5.74) is 11.9. The van der Waals surface area contributed by atoms with Gasteiger partial charge in [0.2, 0.25) is 0 Å². The van der Waals surface area contributed by atoms with E-state index < -0.39 is 0 Å². The van der Waals surface area contributed by atoms with E-state index in [0.717, 1.165) is 23.5 Å². The van der Waals surface area contributed by atoms with Crippen molar-refractivity contribution in [2.45, 2.75) is 27.2 Å². The molecule has 3 nitrogen and oxygen atoms in total. The molecule has 0 atom stereocenters. The molecule has 0 aliphatic carbocycles. The van der Waals surface area contributed by atoms with Gasteiger partial charge >= 0.3 is 0 Å². The number of aromatic nitrogens is 2. The van der Waals surface area contributed by atoms with Crippen molar-refractivity contribution < 1.29 is 0 Å². The minimum atomic E-state index is 0.766. The molecule has 1 aromatic heterocycles. The third-order valence-electron chi connectivity index (χ3n) is 3.18. The van der Waals surface area contributed by atoms with Gasteiger partial charge in [0.15, 0.2) is 0 Å². The van der Waals surface area contributed by atoms with Gasteiger partial charge < -0.3 is 5.73 Å². The molecule has 0 spiro atoms.